The number of sulfonamides is 1. The number of hydrogen-bond donors (Lipinski definition) is 2. The topological polar surface area (TPSA) is 83.7 Å². The van der Waals surface area contributed by atoms with Crippen molar-refractivity contribution < 1.29 is 13.5 Å². The van der Waals surface area contributed by atoms with E-state index in [4.69, 9.17) is 11.6 Å². The van der Waals surface area contributed by atoms with E-state index in [0.29, 0.717) is 17.9 Å². The van der Waals surface area contributed by atoms with Crippen molar-refractivity contribution in [2.24, 2.45) is 11.8 Å². The predicted molar refractivity (Wildman–Crippen MR) is 82.1 cm³/mol. The van der Waals surface area contributed by atoms with Gasteiger partial charge in [-0.05, 0) is 30.7 Å². The number of nitrogens with zero attached hydrogens (tertiary/aromatic N) is 2. The van der Waals surface area contributed by atoms with Crippen molar-refractivity contribution in [2.45, 2.75) is 24.5 Å². The number of fused-ring (bicyclic) bond motifs is 2. The van der Waals surface area contributed by atoms with E-state index in [1.807, 2.05) is 0 Å². The van der Waals surface area contributed by atoms with Crippen LogP contribution in [0.2, 0.25) is 5.02 Å². The maximum Gasteiger partial charge on any atom is 0.208 e. The summed E-state index contributed by atoms with van der Waals surface area (Å²) >= 11 is 6.13. The highest BCUT2D eigenvalue weighted by Crippen LogP contribution is 2.60. The molecule has 4 atom stereocenters. The minimum atomic E-state index is -3.20. The molecule has 2 N–H and O–H groups in total. The van der Waals surface area contributed by atoms with Crippen molar-refractivity contribution in [3.63, 3.8) is 0 Å². The van der Waals surface area contributed by atoms with E-state index in [9.17, 15) is 13.5 Å². The Morgan fingerprint density at radius 3 is 2.77 bits per heavy atom. The number of aliphatic hydroxyl groups is 1. The Labute approximate surface area is 133 Å². The zero-order chi connectivity index (χ0) is 15.7. The minimum Gasteiger partial charge on any atom is -0.385 e. The molecule has 8 heteroatoms. The first-order valence-corrected chi connectivity index (χ1v) is 9.35. The van der Waals surface area contributed by atoms with E-state index < -0.39 is 15.6 Å². The van der Waals surface area contributed by atoms with Crippen LogP contribution in [0.15, 0.2) is 24.8 Å². The molecule has 0 bridgehead atoms. The zero-order valence-corrected chi connectivity index (χ0v) is 13.5. The summed E-state index contributed by atoms with van der Waals surface area (Å²) < 4.78 is 27.1. The van der Waals surface area contributed by atoms with Crippen molar-refractivity contribution in [3.8, 4) is 0 Å². The SMILES string of the molecule is CS(=O)(=O)N[C@@H]1[C@@H]2C[C@@](O)(c3cc(Cl)cn4cncc34)C[C@@H]21. The Morgan fingerprint density at radius 2 is 2.14 bits per heavy atom. The lowest BCUT2D eigenvalue weighted by atomic mass is 9.88. The minimum absolute atomic E-state index is 0.0459. The average Bonchev–Trinajstić information content (AvgIpc) is 2.83. The average molecular weight is 342 g/mol. The summed E-state index contributed by atoms with van der Waals surface area (Å²) in [5, 5.41) is 11.6. The van der Waals surface area contributed by atoms with Gasteiger partial charge in [0.05, 0.1) is 34.9 Å². The number of nitrogens with one attached hydrogen (secondary N) is 1. The normalized spacial score (nSPS) is 34.0. The molecule has 2 aliphatic rings. The van der Waals surface area contributed by atoms with E-state index in [2.05, 4.69) is 9.71 Å². The largest absolute Gasteiger partial charge is 0.385 e. The highest BCUT2D eigenvalue weighted by molar-refractivity contribution is 7.88. The van der Waals surface area contributed by atoms with Gasteiger partial charge in [0.1, 0.15) is 0 Å². The Morgan fingerprint density at radius 1 is 1.45 bits per heavy atom. The first-order chi connectivity index (χ1) is 10.3. The first kappa shape index (κ1) is 14.4. The molecule has 0 aromatic carbocycles. The molecule has 0 unspecified atom stereocenters. The Kier molecular flexibility index (Phi) is 2.92. The molecule has 118 valence electrons. The van der Waals surface area contributed by atoms with E-state index in [1.54, 1.807) is 29.2 Å². The molecule has 0 spiro atoms. The second-order valence-electron chi connectivity index (χ2n) is 6.44. The van der Waals surface area contributed by atoms with E-state index in [-0.39, 0.29) is 17.9 Å². The number of rotatable bonds is 3. The molecule has 2 aliphatic carbocycles. The van der Waals surface area contributed by atoms with Gasteiger partial charge in [0, 0.05) is 17.8 Å². The van der Waals surface area contributed by atoms with Crippen LogP contribution < -0.4 is 4.72 Å². The van der Waals surface area contributed by atoms with Crippen molar-refractivity contribution in [2.75, 3.05) is 6.26 Å². The molecule has 2 saturated carbocycles. The third kappa shape index (κ3) is 2.23. The van der Waals surface area contributed by atoms with Crippen molar-refractivity contribution in [1.29, 1.82) is 0 Å². The van der Waals surface area contributed by atoms with Crippen molar-refractivity contribution in [3.05, 3.63) is 35.4 Å². The molecule has 0 radical (unpaired) electrons. The summed E-state index contributed by atoms with van der Waals surface area (Å²) in [4.78, 5) is 4.10. The van der Waals surface area contributed by atoms with Crippen LogP contribution in [0.4, 0.5) is 0 Å². The lowest BCUT2D eigenvalue weighted by Gasteiger charge is -2.27. The lowest BCUT2D eigenvalue weighted by Crippen LogP contribution is -2.33. The van der Waals surface area contributed by atoms with Gasteiger partial charge in [-0.2, -0.15) is 0 Å². The van der Waals surface area contributed by atoms with Crippen molar-refractivity contribution in [1.82, 2.24) is 14.1 Å². The molecule has 2 fully saturated rings. The Bertz CT molecular complexity index is 851. The fraction of sp³-hybridized carbons (Fsp3) is 0.500. The number of aromatic nitrogens is 2. The molecule has 22 heavy (non-hydrogen) atoms. The second kappa shape index (κ2) is 4.44. The molecule has 4 rings (SSSR count). The van der Waals surface area contributed by atoms with Crippen molar-refractivity contribution >= 4 is 27.1 Å². The third-order valence-electron chi connectivity index (χ3n) is 4.82. The van der Waals surface area contributed by atoms with Gasteiger partial charge in [-0.1, -0.05) is 11.6 Å². The molecule has 2 heterocycles. The molecular weight excluding hydrogens is 326 g/mol. The number of imidazole rings is 1. The summed E-state index contributed by atoms with van der Waals surface area (Å²) in [6, 6.07) is 1.73. The highest BCUT2D eigenvalue weighted by atomic mass is 35.5. The van der Waals surface area contributed by atoms with Crippen LogP contribution in [0.5, 0.6) is 0 Å². The van der Waals surface area contributed by atoms with E-state index >= 15 is 0 Å². The fourth-order valence-electron chi connectivity index (χ4n) is 3.88. The number of hydrogen-bond acceptors (Lipinski definition) is 4. The van der Waals surface area contributed by atoms with E-state index in [0.717, 1.165) is 11.1 Å². The fourth-order valence-corrected chi connectivity index (χ4v) is 4.94. The highest BCUT2D eigenvalue weighted by Gasteiger charge is 2.62. The van der Waals surface area contributed by atoms with Crippen LogP contribution in [0, 0.1) is 11.8 Å². The molecule has 2 aromatic rings. The quantitative estimate of drug-likeness (QED) is 0.876. The second-order valence-corrected chi connectivity index (χ2v) is 8.66. The molecule has 6 nitrogen and oxygen atoms in total. The van der Waals surface area contributed by atoms with Gasteiger partial charge in [-0.3, -0.25) is 0 Å². The summed E-state index contributed by atoms with van der Waals surface area (Å²) in [7, 11) is -3.20. The molecule has 0 saturated heterocycles. The van der Waals surface area contributed by atoms with Gasteiger partial charge in [-0.25, -0.2) is 18.1 Å². The zero-order valence-electron chi connectivity index (χ0n) is 11.9. The Balaban J connectivity index is 1.64. The lowest BCUT2D eigenvalue weighted by molar-refractivity contribution is 0.0300. The van der Waals surface area contributed by atoms with E-state index in [1.165, 1.54) is 6.26 Å². The maximum absolute atomic E-state index is 11.3. The molecule has 0 amide bonds. The van der Waals surface area contributed by atoms with Gasteiger partial charge in [0.25, 0.3) is 0 Å². The standard InChI is InChI=1S/C14H16ClN3O3S/c1-22(20,21)17-13-9-3-14(19,4-10(9)13)11-2-8(15)6-18-7-16-5-12(11)18/h2,5-7,9-10,13,17,19H,3-4H2,1H3/t9-,10+,13-,14+. The third-order valence-corrected chi connectivity index (χ3v) is 5.72. The van der Waals surface area contributed by atoms with Gasteiger partial charge in [0.15, 0.2) is 0 Å². The summed E-state index contributed by atoms with van der Waals surface area (Å²) in [5.74, 6) is 0.364. The smallest absolute Gasteiger partial charge is 0.208 e. The maximum atomic E-state index is 11.3. The van der Waals surface area contributed by atoms with Crippen LogP contribution in [0.25, 0.3) is 5.52 Å². The number of halogens is 1. The molecule has 0 aliphatic heterocycles. The van der Waals surface area contributed by atoms with Gasteiger partial charge in [-0.15, -0.1) is 0 Å². The predicted octanol–water partition coefficient (Wildman–Crippen LogP) is 1.13. The monoisotopic (exact) mass is 341 g/mol. The number of pyridine rings is 1. The van der Waals surface area contributed by atoms with Crippen LogP contribution in [0.3, 0.4) is 0 Å². The van der Waals surface area contributed by atoms with Gasteiger partial charge in [0.2, 0.25) is 10.0 Å². The van der Waals surface area contributed by atoms with Crippen LogP contribution in [0.1, 0.15) is 18.4 Å². The van der Waals surface area contributed by atoms with Crippen LogP contribution in [-0.4, -0.2) is 35.2 Å². The first-order valence-electron chi connectivity index (χ1n) is 7.08. The van der Waals surface area contributed by atoms with Crippen LogP contribution >= 0.6 is 11.6 Å². The Hall–Kier alpha value is -1.15. The van der Waals surface area contributed by atoms with Gasteiger partial charge >= 0.3 is 0 Å². The summed E-state index contributed by atoms with van der Waals surface area (Å²) in [6.07, 6.45) is 7.34. The van der Waals surface area contributed by atoms with Gasteiger partial charge < -0.3 is 9.51 Å². The summed E-state index contributed by atoms with van der Waals surface area (Å²) in [5.41, 5.74) is 0.626. The molecule has 2 aromatic heterocycles. The van der Waals surface area contributed by atoms with Crippen LogP contribution in [-0.2, 0) is 15.6 Å². The molecular formula is C14H16ClN3O3S. The summed E-state index contributed by atoms with van der Waals surface area (Å²) in [6.45, 7) is 0.